The van der Waals surface area contributed by atoms with Crippen molar-refractivity contribution in [2.24, 2.45) is 0 Å². The predicted molar refractivity (Wildman–Crippen MR) is 64.0 cm³/mol. The Morgan fingerprint density at radius 1 is 1.28 bits per heavy atom. The first-order chi connectivity index (χ1) is 8.58. The zero-order valence-corrected chi connectivity index (χ0v) is 9.90. The Balaban J connectivity index is 2.21. The van der Waals surface area contributed by atoms with Crippen molar-refractivity contribution in [1.82, 2.24) is 4.98 Å². The predicted octanol–water partition coefficient (Wildman–Crippen LogP) is 2.94. The fraction of sp³-hybridized carbons (Fsp3) is 0.214. The van der Waals surface area contributed by atoms with Gasteiger partial charge in [-0.15, -0.1) is 0 Å². The van der Waals surface area contributed by atoms with Crippen LogP contribution in [0.25, 0.3) is 0 Å². The van der Waals surface area contributed by atoms with Gasteiger partial charge in [0.15, 0.2) is 11.6 Å². The van der Waals surface area contributed by atoms with Crippen LogP contribution in [-0.4, -0.2) is 10.1 Å². The van der Waals surface area contributed by atoms with E-state index in [4.69, 9.17) is 0 Å². The first-order valence-electron chi connectivity index (χ1n) is 5.60. The minimum atomic E-state index is -0.905. The third-order valence-electron chi connectivity index (χ3n) is 2.73. The minimum absolute atomic E-state index is 0.0225. The monoisotopic (exact) mass is 249 g/mol. The van der Waals surface area contributed by atoms with Crippen LogP contribution in [-0.2, 0) is 6.42 Å². The van der Waals surface area contributed by atoms with Crippen molar-refractivity contribution in [2.45, 2.75) is 19.4 Å². The van der Waals surface area contributed by atoms with Crippen molar-refractivity contribution in [3.63, 3.8) is 0 Å². The number of hydrogen-bond donors (Lipinski definition) is 1. The van der Waals surface area contributed by atoms with Crippen LogP contribution in [0.5, 0.6) is 0 Å². The van der Waals surface area contributed by atoms with E-state index in [1.807, 2.05) is 6.92 Å². The summed E-state index contributed by atoms with van der Waals surface area (Å²) in [5.41, 5.74) is 1.66. The number of aliphatic hydroxyl groups is 1. The quantitative estimate of drug-likeness (QED) is 0.907. The van der Waals surface area contributed by atoms with Gasteiger partial charge in [0.1, 0.15) is 0 Å². The van der Waals surface area contributed by atoms with Crippen molar-refractivity contribution >= 4 is 0 Å². The van der Waals surface area contributed by atoms with Gasteiger partial charge < -0.3 is 5.11 Å². The van der Waals surface area contributed by atoms with Crippen LogP contribution in [0.3, 0.4) is 0 Å². The number of pyridine rings is 1. The van der Waals surface area contributed by atoms with Crippen LogP contribution >= 0.6 is 0 Å². The molecule has 0 aliphatic carbocycles. The molecule has 2 rings (SSSR count). The van der Waals surface area contributed by atoms with Gasteiger partial charge in [-0.05, 0) is 29.7 Å². The number of benzene rings is 1. The smallest absolute Gasteiger partial charge is 0.162 e. The highest BCUT2D eigenvalue weighted by Gasteiger charge is 2.14. The molecule has 0 amide bonds. The average molecular weight is 249 g/mol. The molecule has 18 heavy (non-hydrogen) atoms. The molecular formula is C14H13F2NO. The number of hydrogen-bond acceptors (Lipinski definition) is 2. The molecule has 94 valence electrons. The third kappa shape index (κ3) is 2.71. The zero-order chi connectivity index (χ0) is 13.1. The molecule has 0 spiro atoms. The van der Waals surface area contributed by atoms with Crippen LogP contribution in [0.15, 0.2) is 36.7 Å². The third-order valence-corrected chi connectivity index (χ3v) is 2.73. The van der Waals surface area contributed by atoms with Crippen molar-refractivity contribution in [1.29, 1.82) is 0 Å². The highest BCUT2D eigenvalue weighted by atomic mass is 19.2. The molecule has 1 heterocycles. The summed E-state index contributed by atoms with van der Waals surface area (Å²) >= 11 is 0. The van der Waals surface area contributed by atoms with E-state index >= 15 is 0 Å². The lowest BCUT2D eigenvalue weighted by atomic mass is 10.0. The van der Waals surface area contributed by atoms with E-state index < -0.39 is 17.7 Å². The van der Waals surface area contributed by atoms with Crippen LogP contribution in [0, 0.1) is 18.6 Å². The second kappa shape index (κ2) is 5.23. The number of aromatic nitrogens is 1. The van der Waals surface area contributed by atoms with E-state index in [1.54, 1.807) is 12.3 Å². The molecule has 0 aliphatic rings. The van der Waals surface area contributed by atoms with Gasteiger partial charge in [0, 0.05) is 18.8 Å². The molecule has 1 aromatic heterocycles. The van der Waals surface area contributed by atoms with Gasteiger partial charge >= 0.3 is 0 Å². The molecule has 1 N–H and O–H groups in total. The van der Waals surface area contributed by atoms with E-state index in [2.05, 4.69) is 4.98 Å². The lowest BCUT2D eigenvalue weighted by molar-refractivity contribution is 0.176. The van der Waals surface area contributed by atoms with E-state index in [9.17, 15) is 13.9 Å². The van der Waals surface area contributed by atoms with Crippen molar-refractivity contribution in [2.75, 3.05) is 0 Å². The largest absolute Gasteiger partial charge is 0.388 e. The zero-order valence-electron chi connectivity index (χ0n) is 9.90. The summed E-state index contributed by atoms with van der Waals surface area (Å²) in [6.45, 7) is 1.85. The van der Waals surface area contributed by atoms with Crippen LogP contribution in [0.4, 0.5) is 8.78 Å². The van der Waals surface area contributed by atoms with Crippen molar-refractivity contribution in [3.05, 3.63) is 65.0 Å². The molecule has 2 nitrogen and oxygen atoms in total. The maximum absolute atomic E-state index is 13.5. The first kappa shape index (κ1) is 12.6. The standard InChI is InChI=1S/C14H13F2NO/c1-9-5-11(8-17-7-9)13(18)6-10-3-2-4-12(15)14(10)16/h2-5,7-8,13,18H,6H2,1H3. The summed E-state index contributed by atoms with van der Waals surface area (Å²) < 4.78 is 26.5. The van der Waals surface area contributed by atoms with Crippen LogP contribution < -0.4 is 0 Å². The Kier molecular flexibility index (Phi) is 3.67. The lowest BCUT2D eigenvalue weighted by Gasteiger charge is -2.12. The van der Waals surface area contributed by atoms with Crippen LogP contribution in [0.1, 0.15) is 22.8 Å². The van der Waals surface area contributed by atoms with E-state index in [1.165, 1.54) is 18.3 Å². The summed E-state index contributed by atoms with van der Waals surface area (Å²) in [6, 6.07) is 5.72. The van der Waals surface area contributed by atoms with Gasteiger partial charge in [-0.25, -0.2) is 8.78 Å². The normalized spacial score (nSPS) is 12.4. The minimum Gasteiger partial charge on any atom is -0.388 e. The Labute approximate surface area is 104 Å². The lowest BCUT2D eigenvalue weighted by Crippen LogP contribution is -2.05. The molecule has 1 atom stereocenters. The Morgan fingerprint density at radius 3 is 2.78 bits per heavy atom. The SMILES string of the molecule is Cc1cncc(C(O)Cc2cccc(F)c2F)c1. The number of halogens is 2. The molecule has 2 aromatic rings. The highest BCUT2D eigenvalue weighted by Crippen LogP contribution is 2.21. The summed E-state index contributed by atoms with van der Waals surface area (Å²) in [5.74, 6) is -1.81. The second-order valence-electron chi connectivity index (χ2n) is 4.23. The molecular weight excluding hydrogens is 236 g/mol. The Morgan fingerprint density at radius 2 is 2.06 bits per heavy atom. The number of aliphatic hydroxyl groups excluding tert-OH is 1. The molecule has 0 radical (unpaired) electrons. The van der Waals surface area contributed by atoms with E-state index in [-0.39, 0.29) is 12.0 Å². The molecule has 0 aliphatic heterocycles. The molecule has 0 saturated heterocycles. The Hall–Kier alpha value is -1.81. The maximum Gasteiger partial charge on any atom is 0.162 e. The number of nitrogens with zero attached hydrogens (tertiary/aromatic N) is 1. The fourth-order valence-corrected chi connectivity index (χ4v) is 1.79. The number of aryl methyl sites for hydroxylation is 1. The van der Waals surface area contributed by atoms with Gasteiger partial charge in [-0.2, -0.15) is 0 Å². The highest BCUT2D eigenvalue weighted by molar-refractivity contribution is 5.24. The molecule has 1 aromatic carbocycles. The van der Waals surface area contributed by atoms with Crippen molar-refractivity contribution < 1.29 is 13.9 Å². The Bertz CT molecular complexity index is 557. The van der Waals surface area contributed by atoms with Gasteiger partial charge in [0.2, 0.25) is 0 Å². The molecule has 0 fully saturated rings. The molecule has 4 heteroatoms. The second-order valence-corrected chi connectivity index (χ2v) is 4.23. The van der Waals surface area contributed by atoms with Gasteiger partial charge in [0.25, 0.3) is 0 Å². The fourth-order valence-electron chi connectivity index (χ4n) is 1.79. The van der Waals surface area contributed by atoms with Gasteiger partial charge in [-0.3, -0.25) is 4.98 Å². The maximum atomic E-state index is 13.5. The van der Waals surface area contributed by atoms with Gasteiger partial charge in [0.05, 0.1) is 6.10 Å². The molecule has 0 saturated carbocycles. The van der Waals surface area contributed by atoms with E-state index in [0.717, 1.165) is 11.6 Å². The van der Waals surface area contributed by atoms with E-state index in [0.29, 0.717) is 5.56 Å². The van der Waals surface area contributed by atoms with Crippen molar-refractivity contribution in [3.8, 4) is 0 Å². The molecule has 1 unspecified atom stereocenters. The average Bonchev–Trinajstić information content (AvgIpc) is 2.35. The first-order valence-corrected chi connectivity index (χ1v) is 5.60. The summed E-state index contributed by atoms with van der Waals surface area (Å²) in [5, 5.41) is 9.98. The molecule has 0 bridgehead atoms. The summed E-state index contributed by atoms with van der Waals surface area (Å²) in [7, 11) is 0. The summed E-state index contributed by atoms with van der Waals surface area (Å²) in [4.78, 5) is 3.96. The van der Waals surface area contributed by atoms with Crippen LogP contribution in [0.2, 0.25) is 0 Å². The number of rotatable bonds is 3. The topological polar surface area (TPSA) is 33.1 Å². The summed E-state index contributed by atoms with van der Waals surface area (Å²) in [6.07, 6.45) is 2.32. The van der Waals surface area contributed by atoms with Gasteiger partial charge in [-0.1, -0.05) is 18.2 Å².